The maximum absolute atomic E-state index is 13.1. The van der Waals surface area contributed by atoms with E-state index in [4.69, 9.17) is 10.9 Å². The van der Waals surface area contributed by atoms with Crippen LogP contribution in [-0.2, 0) is 21.1 Å². The van der Waals surface area contributed by atoms with Crippen LogP contribution in [0.3, 0.4) is 0 Å². The van der Waals surface area contributed by atoms with Gasteiger partial charge >= 0.3 is 0 Å². The average molecular weight is 377 g/mol. The van der Waals surface area contributed by atoms with Crippen LogP contribution in [0.1, 0.15) is 5.56 Å². The summed E-state index contributed by atoms with van der Waals surface area (Å²) in [7, 11) is -4.45. The first-order chi connectivity index (χ1) is 12.3. The van der Waals surface area contributed by atoms with Crippen molar-refractivity contribution < 1.29 is 22.8 Å². The van der Waals surface area contributed by atoms with Crippen molar-refractivity contribution in [2.24, 2.45) is 5.73 Å². The number of H-pyrrole nitrogens is 1. The number of carbonyl (C=O) groups is 1. The standard InChI is InChI=1S/C17H16FN3O4S/c18-12-5-7-13(8-6-12)26(24,25)17(19,16(22)21-23)9-11-10-20-15-4-2-1-3-14(11)15/h1-8,10,20,23H,9,19H2,(H,21,22)/t17-/m1/s1. The molecule has 0 saturated carbocycles. The van der Waals surface area contributed by atoms with E-state index < -0.39 is 32.9 Å². The van der Waals surface area contributed by atoms with Crippen LogP contribution < -0.4 is 11.2 Å². The largest absolute Gasteiger partial charge is 0.361 e. The second kappa shape index (κ2) is 6.52. The van der Waals surface area contributed by atoms with Gasteiger partial charge in [0.15, 0.2) is 0 Å². The van der Waals surface area contributed by atoms with Crippen LogP contribution in [0.2, 0.25) is 0 Å². The predicted octanol–water partition coefficient (Wildman–Crippen LogP) is 1.48. The third kappa shape index (κ3) is 2.85. The number of amides is 1. The Morgan fingerprint density at radius 1 is 1.19 bits per heavy atom. The molecule has 0 bridgehead atoms. The van der Waals surface area contributed by atoms with Crippen molar-refractivity contribution in [3.8, 4) is 0 Å². The molecule has 0 aliphatic heterocycles. The molecule has 1 heterocycles. The molecule has 7 nitrogen and oxygen atoms in total. The summed E-state index contributed by atoms with van der Waals surface area (Å²) in [6.07, 6.45) is 1.15. The summed E-state index contributed by atoms with van der Waals surface area (Å²) in [5.41, 5.74) is 8.57. The van der Waals surface area contributed by atoms with Gasteiger partial charge in [0.25, 0.3) is 5.91 Å². The highest BCUT2D eigenvalue weighted by Crippen LogP contribution is 2.29. The number of nitrogens with one attached hydrogen (secondary N) is 2. The molecule has 2 aromatic carbocycles. The van der Waals surface area contributed by atoms with Crippen molar-refractivity contribution in [2.45, 2.75) is 16.2 Å². The molecule has 3 rings (SSSR count). The van der Waals surface area contributed by atoms with Crippen LogP contribution in [0.15, 0.2) is 59.6 Å². The highest BCUT2D eigenvalue weighted by Gasteiger charge is 2.48. The summed E-state index contributed by atoms with van der Waals surface area (Å²) in [5, 5.41) is 9.75. The normalized spacial score (nSPS) is 14.1. The Bertz CT molecular complexity index is 1060. The van der Waals surface area contributed by atoms with E-state index in [9.17, 15) is 17.6 Å². The van der Waals surface area contributed by atoms with Crippen molar-refractivity contribution in [1.29, 1.82) is 0 Å². The first-order valence-corrected chi connectivity index (χ1v) is 9.06. The summed E-state index contributed by atoms with van der Waals surface area (Å²) in [6.45, 7) is 0. The van der Waals surface area contributed by atoms with E-state index in [1.165, 1.54) is 5.48 Å². The number of halogens is 1. The fourth-order valence-electron chi connectivity index (χ4n) is 2.78. The van der Waals surface area contributed by atoms with Gasteiger partial charge < -0.3 is 10.7 Å². The van der Waals surface area contributed by atoms with Crippen molar-refractivity contribution >= 4 is 26.6 Å². The van der Waals surface area contributed by atoms with Gasteiger partial charge in [-0.05, 0) is 35.9 Å². The molecule has 9 heteroatoms. The molecule has 0 unspecified atom stereocenters. The Kier molecular flexibility index (Phi) is 4.53. The summed E-state index contributed by atoms with van der Waals surface area (Å²) >= 11 is 0. The topological polar surface area (TPSA) is 125 Å². The van der Waals surface area contributed by atoms with Crippen LogP contribution in [0.5, 0.6) is 0 Å². The molecule has 0 spiro atoms. The summed E-state index contributed by atoms with van der Waals surface area (Å²) < 4.78 is 39.1. The Morgan fingerprint density at radius 2 is 1.85 bits per heavy atom. The van der Waals surface area contributed by atoms with Gasteiger partial charge in [0.1, 0.15) is 5.82 Å². The zero-order valence-corrected chi connectivity index (χ0v) is 14.3. The van der Waals surface area contributed by atoms with Gasteiger partial charge in [-0.15, -0.1) is 0 Å². The highest BCUT2D eigenvalue weighted by molar-refractivity contribution is 7.93. The highest BCUT2D eigenvalue weighted by atomic mass is 32.2. The summed E-state index contributed by atoms with van der Waals surface area (Å²) in [4.78, 5) is 12.4. The van der Waals surface area contributed by atoms with E-state index in [2.05, 4.69) is 4.98 Å². The lowest BCUT2D eigenvalue weighted by molar-refractivity contribution is -0.131. The van der Waals surface area contributed by atoms with E-state index in [1.54, 1.807) is 30.5 Å². The van der Waals surface area contributed by atoms with Crippen LogP contribution in [0.25, 0.3) is 10.9 Å². The second-order valence-corrected chi connectivity index (χ2v) is 8.03. The van der Waals surface area contributed by atoms with Crippen molar-refractivity contribution in [2.75, 3.05) is 0 Å². The third-order valence-corrected chi connectivity index (χ3v) is 6.40. The SMILES string of the molecule is N[C@@](Cc1c[nH]c2ccccc12)(C(=O)NO)S(=O)(=O)c1ccc(F)cc1. The van der Waals surface area contributed by atoms with Crippen LogP contribution in [0.4, 0.5) is 4.39 Å². The zero-order valence-electron chi connectivity index (χ0n) is 13.4. The number of carbonyl (C=O) groups excluding carboxylic acids is 1. The lowest BCUT2D eigenvalue weighted by Crippen LogP contribution is -2.60. The minimum Gasteiger partial charge on any atom is -0.361 e. The Balaban J connectivity index is 2.12. The molecule has 0 aliphatic carbocycles. The van der Waals surface area contributed by atoms with Gasteiger partial charge in [0.05, 0.1) is 4.90 Å². The second-order valence-electron chi connectivity index (χ2n) is 5.82. The molecule has 136 valence electrons. The van der Waals surface area contributed by atoms with Crippen LogP contribution in [-0.4, -0.2) is 29.4 Å². The minimum absolute atomic E-state index is 0.329. The monoisotopic (exact) mass is 377 g/mol. The fourth-order valence-corrected chi connectivity index (χ4v) is 4.33. The van der Waals surface area contributed by atoms with Gasteiger partial charge in [-0.2, -0.15) is 0 Å². The molecule has 3 aromatic rings. The van der Waals surface area contributed by atoms with Gasteiger partial charge in [-0.25, -0.2) is 18.3 Å². The number of rotatable bonds is 5. The molecule has 26 heavy (non-hydrogen) atoms. The van der Waals surface area contributed by atoms with E-state index in [1.807, 2.05) is 0 Å². The zero-order chi connectivity index (χ0) is 18.9. The Morgan fingerprint density at radius 3 is 2.50 bits per heavy atom. The molecule has 1 atom stereocenters. The number of hydrogen-bond donors (Lipinski definition) is 4. The molecule has 1 aromatic heterocycles. The van der Waals surface area contributed by atoms with Crippen molar-refractivity contribution in [1.82, 2.24) is 10.5 Å². The first kappa shape index (κ1) is 18.1. The Hall–Kier alpha value is -2.75. The average Bonchev–Trinajstić information content (AvgIpc) is 3.04. The van der Waals surface area contributed by atoms with E-state index in [0.717, 1.165) is 29.8 Å². The number of para-hydroxylation sites is 1. The van der Waals surface area contributed by atoms with Gasteiger partial charge in [0, 0.05) is 23.5 Å². The third-order valence-electron chi connectivity index (χ3n) is 4.22. The predicted molar refractivity (Wildman–Crippen MR) is 92.4 cm³/mol. The van der Waals surface area contributed by atoms with Crippen molar-refractivity contribution in [3.63, 3.8) is 0 Å². The number of benzene rings is 2. The lowest BCUT2D eigenvalue weighted by atomic mass is 10.0. The molecule has 0 fully saturated rings. The number of fused-ring (bicyclic) bond motifs is 1. The fraction of sp³-hybridized carbons (Fsp3) is 0.118. The van der Waals surface area contributed by atoms with Crippen LogP contribution >= 0.6 is 0 Å². The molecule has 5 N–H and O–H groups in total. The molecule has 0 saturated heterocycles. The van der Waals surface area contributed by atoms with Crippen molar-refractivity contribution in [3.05, 3.63) is 66.1 Å². The number of hydroxylamine groups is 1. The van der Waals surface area contributed by atoms with Gasteiger partial charge in [-0.1, -0.05) is 18.2 Å². The lowest BCUT2D eigenvalue weighted by Gasteiger charge is -2.26. The van der Waals surface area contributed by atoms with E-state index in [-0.39, 0.29) is 4.90 Å². The number of aromatic nitrogens is 1. The smallest absolute Gasteiger partial charge is 0.279 e. The molecular formula is C17H16FN3O4S. The van der Waals surface area contributed by atoms with Gasteiger partial charge in [0.2, 0.25) is 14.7 Å². The Labute approximate surface area is 148 Å². The minimum atomic E-state index is -4.45. The van der Waals surface area contributed by atoms with E-state index in [0.29, 0.717) is 10.9 Å². The molecule has 0 radical (unpaired) electrons. The maximum Gasteiger partial charge on any atom is 0.279 e. The van der Waals surface area contributed by atoms with Gasteiger partial charge in [-0.3, -0.25) is 10.0 Å². The summed E-state index contributed by atoms with van der Waals surface area (Å²) in [6, 6.07) is 11.1. The molecule has 0 aliphatic rings. The number of nitrogens with two attached hydrogens (primary N) is 1. The van der Waals surface area contributed by atoms with E-state index >= 15 is 0 Å². The number of aromatic amines is 1. The molecular weight excluding hydrogens is 361 g/mol. The maximum atomic E-state index is 13.1. The first-order valence-electron chi connectivity index (χ1n) is 7.58. The number of sulfone groups is 1. The summed E-state index contributed by atoms with van der Waals surface area (Å²) in [5.74, 6) is -1.91. The van der Waals surface area contributed by atoms with Crippen LogP contribution in [0, 0.1) is 5.82 Å². The molecule has 1 amide bonds. The number of hydrogen-bond acceptors (Lipinski definition) is 5. The quantitative estimate of drug-likeness (QED) is 0.304.